The van der Waals surface area contributed by atoms with Crippen molar-refractivity contribution < 1.29 is 23.8 Å². The molecule has 0 radical (unpaired) electrons. The molecule has 2 N–H and O–H groups in total. The largest absolute Gasteiger partial charge is 0.477 e. The van der Waals surface area contributed by atoms with Gasteiger partial charge in [0.1, 0.15) is 27.0 Å². The molecule has 0 bridgehead atoms. The van der Waals surface area contributed by atoms with E-state index in [2.05, 4.69) is 15.2 Å². The van der Waals surface area contributed by atoms with Gasteiger partial charge in [0.15, 0.2) is 0 Å². The maximum Gasteiger partial charge on any atom is 0.348 e. The van der Waals surface area contributed by atoms with Gasteiger partial charge in [-0.3, -0.25) is 0 Å². The fourth-order valence-electron chi connectivity index (χ4n) is 3.95. The zero-order valence-corrected chi connectivity index (χ0v) is 20.7. The first-order valence-corrected chi connectivity index (χ1v) is 12.4. The number of morpholine rings is 2. The Balaban J connectivity index is 0.000000421. The third kappa shape index (κ3) is 6.21. The lowest BCUT2D eigenvalue weighted by Gasteiger charge is -2.28. The standard InChI is InChI=1S/C21H20FN3O3S.C4H9NO/c1-12-11-16(14-3-5-15(22)6-4-14)17-18(19(21(26)27)29-20(17)23-12)24-13(2)25-7-9-28-10-8-25;1-3-6-4-2-5-1/h3-6,11H,7-10H2,1-2H3,(H,26,27);5H,1-4H2. The number of rotatable bonds is 3. The lowest BCUT2D eigenvalue weighted by Crippen LogP contribution is -2.39. The Hall–Kier alpha value is -2.92. The predicted octanol–water partition coefficient (Wildman–Crippen LogP) is 4.10. The molecule has 2 saturated heterocycles. The van der Waals surface area contributed by atoms with E-state index in [1.54, 1.807) is 12.1 Å². The van der Waals surface area contributed by atoms with Crippen molar-refractivity contribution >= 4 is 39.0 Å². The molecule has 4 heterocycles. The van der Waals surface area contributed by atoms with Gasteiger partial charge < -0.3 is 24.8 Å². The highest BCUT2D eigenvalue weighted by Gasteiger charge is 2.23. The zero-order chi connectivity index (χ0) is 24.8. The van der Waals surface area contributed by atoms with Crippen molar-refractivity contribution in [3.63, 3.8) is 0 Å². The van der Waals surface area contributed by atoms with Gasteiger partial charge in [0, 0.05) is 37.3 Å². The quantitative estimate of drug-likeness (QED) is 0.413. The minimum atomic E-state index is -1.04. The summed E-state index contributed by atoms with van der Waals surface area (Å²) in [5, 5.41) is 13.6. The molecular formula is C25H29FN4O4S. The second-order valence-electron chi connectivity index (χ2n) is 8.20. The average Bonchev–Trinajstić information content (AvgIpc) is 3.24. The maximum atomic E-state index is 13.4. The molecule has 1 aromatic carbocycles. The number of carbonyl (C=O) groups is 1. The van der Waals surface area contributed by atoms with Crippen LogP contribution in [0.25, 0.3) is 21.3 Å². The molecule has 2 aromatic heterocycles. The van der Waals surface area contributed by atoms with Gasteiger partial charge in [0.2, 0.25) is 0 Å². The smallest absolute Gasteiger partial charge is 0.348 e. The fraction of sp³-hybridized carbons (Fsp3) is 0.400. The highest BCUT2D eigenvalue weighted by atomic mass is 32.1. The normalized spacial score (nSPS) is 16.7. The van der Waals surface area contributed by atoms with Gasteiger partial charge in [-0.1, -0.05) is 12.1 Å². The number of carboxylic acid groups (broad SMARTS) is 1. The van der Waals surface area contributed by atoms with Gasteiger partial charge in [-0.15, -0.1) is 11.3 Å². The van der Waals surface area contributed by atoms with Crippen LogP contribution in [0.3, 0.4) is 0 Å². The van der Waals surface area contributed by atoms with Crippen molar-refractivity contribution in [2.24, 2.45) is 4.99 Å². The molecule has 0 atom stereocenters. The molecule has 2 fully saturated rings. The van der Waals surface area contributed by atoms with Gasteiger partial charge in [-0.05, 0) is 43.2 Å². The van der Waals surface area contributed by atoms with Crippen molar-refractivity contribution in [2.45, 2.75) is 13.8 Å². The number of aromatic nitrogens is 1. The number of carboxylic acids is 1. The molecule has 3 aromatic rings. The average molecular weight is 501 g/mol. The maximum absolute atomic E-state index is 13.4. The molecule has 2 aliphatic rings. The van der Waals surface area contributed by atoms with Crippen LogP contribution in [-0.2, 0) is 9.47 Å². The van der Waals surface area contributed by atoms with E-state index in [9.17, 15) is 14.3 Å². The number of aromatic carboxylic acids is 1. The number of aliphatic imine (C=N–C) groups is 1. The van der Waals surface area contributed by atoms with Gasteiger partial charge >= 0.3 is 5.97 Å². The summed E-state index contributed by atoms with van der Waals surface area (Å²) >= 11 is 1.11. The SMILES string of the molecule is C1COCCN1.CC(=Nc1c(C(=O)O)sc2nc(C)cc(-c3ccc(F)cc3)c12)N1CCOCC1. The van der Waals surface area contributed by atoms with Gasteiger partial charge in [0.05, 0.1) is 26.4 Å². The number of amidine groups is 1. The molecule has 5 rings (SSSR count). The number of pyridine rings is 1. The van der Waals surface area contributed by atoms with E-state index in [-0.39, 0.29) is 10.7 Å². The van der Waals surface area contributed by atoms with Crippen molar-refractivity contribution in [3.05, 3.63) is 46.7 Å². The molecule has 35 heavy (non-hydrogen) atoms. The van der Waals surface area contributed by atoms with Crippen LogP contribution in [0.5, 0.6) is 0 Å². The van der Waals surface area contributed by atoms with Crippen LogP contribution >= 0.6 is 11.3 Å². The molecule has 0 spiro atoms. The predicted molar refractivity (Wildman–Crippen MR) is 136 cm³/mol. The Labute approximate surface area is 207 Å². The summed E-state index contributed by atoms with van der Waals surface area (Å²) < 4.78 is 23.8. The molecular weight excluding hydrogens is 471 g/mol. The Morgan fingerprint density at radius 2 is 1.80 bits per heavy atom. The Bertz CT molecular complexity index is 1190. The van der Waals surface area contributed by atoms with Crippen LogP contribution in [0.1, 0.15) is 22.3 Å². The number of benzene rings is 1. The molecule has 0 saturated carbocycles. The summed E-state index contributed by atoms with van der Waals surface area (Å²) in [6.45, 7) is 10.2. The number of nitrogens with zero attached hydrogens (tertiary/aromatic N) is 3. The van der Waals surface area contributed by atoms with E-state index in [4.69, 9.17) is 14.5 Å². The number of aryl methyl sites for hydroxylation is 1. The third-order valence-corrected chi connectivity index (χ3v) is 6.76. The number of ether oxygens (including phenoxy) is 2. The molecule has 186 valence electrons. The molecule has 0 aliphatic carbocycles. The summed E-state index contributed by atoms with van der Waals surface area (Å²) in [7, 11) is 0. The van der Waals surface area contributed by atoms with E-state index < -0.39 is 5.97 Å². The lowest BCUT2D eigenvalue weighted by molar-refractivity contribution is 0.0677. The second-order valence-corrected chi connectivity index (χ2v) is 9.20. The lowest BCUT2D eigenvalue weighted by atomic mass is 10.0. The van der Waals surface area contributed by atoms with Crippen molar-refractivity contribution in [2.75, 3.05) is 52.6 Å². The topological polar surface area (TPSA) is 96.3 Å². The van der Waals surface area contributed by atoms with Crippen LogP contribution in [-0.4, -0.2) is 79.4 Å². The molecule has 10 heteroatoms. The summed E-state index contributed by atoms with van der Waals surface area (Å²) in [5.41, 5.74) is 2.74. The van der Waals surface area contributed by atoms with Gasteiger partial charge in [-0.25, -0.2) is 19.2 Å². The molecule has 0 unspecified atom stereocenters. The van der Waals surface area contributed by atoms with E-state index in [0.29, 0.717) is 42.2 Å². The van der Waals surface area contributed by atoms with Crippen molar-refractivity contribution in [3.8, 4) is 11.1 Å². The van der Waals surface area contributed by atoms with Crippen LogP contribution < -0.4 is 5.32 Å². The minimum absolute atomic E-state index is 0.147. The van der Waals surface area contributed by atoms with E-state index in [0.717, 1.165) is 60.3 Å². The first kappa shape index (κ1) is 25.2. The molecule has 8 nitrogen and oxygen atoms in total. The van der Waals surface area contributed by atoms with Gasteiger partial charge in [-0.2, -0.15) is 0 Å². The minimum Gasteiger partial charge on any atom is -0.477 e. The van der Waals surface area contributed by atoms with Crippen LogP contribution in [0, 0.1) is 12.7 Å². The van der Waals surface area contributed by atoms with Crippen LogP contribution in [0.4, 0.5) is 10.1 Å². The van der Waals surface area contributed by atoms with E-state index >= 15 is 0 Å². The summed E-state index contributed by atoms with van der Waals surface area (Å²) in [6, 6.07) is 8.04. The van der Waals surface area contributed by atoms with Crippen molar-refractivity contribution in [1.82, 2.24) is 15.2 Å². The van der Waals surface area contributed by atoms with Crippen LogP contribution in [0.15, 0.2) is 35.3 Å². The van der Waals surface area contributed by atoms with Gasteiger partial charge in [0.25, 0.3) is 0 Å². The number of thiophene rings is 1. The summed E-state index contributed by atoms with van der Waals surface area (Å²) in [4.78, 5) is 24.1. The number of nitrogens with one attached hydrogen (secondary N) is 1. The summed E-state index contributed by atoms with van der Waals surface area (Å²) in [5.74, 6) is -0.626. The monoisotopic (exact) mass is 500 g/mol. The summed E-state index contributed by atoms with van der Waals surface area (Å²) in [6.07, 6.45) is 0. The van der Waals surface area contributed by atoms with E-state index in [1.165, 1.54) is 12.1 Å². The van der Waals surface area contributed by atoms with Crippen molar-refractivity contribution in [1.29, 1.82) is 0 Å². The molecule has 0 amide bonds. The number of hydrogen-bond acceptors (Lipinski definition) is 7. The van der Waals surface area contributed by atoms with Crippen LogP contribution in [0.2, 0.25) is 0 Å². The fourth-order valence-corrected chi connectivity index (χ4v) is 4.97. The zero-order valence-electron chi connectivity index (χ0n) is 19.8. The third-order valence-electron chi connectivity index (χ3n) is 5.70. The Morgan fingerprint density at radius 1 is 1.14 bits per heavy atom. The number of hydrogen-bond donors (Lipinski definition) is 2. The Kier molecular flexibility index (Phi) is 8.40. The second kappa shape index (κ2) is 11.7. The number of fused-ring (bicyclic) bond motifs is 1. The number of halogens is 1. The highest BCUT2D eigenvalue weighted by Crippen LogP contribution is 2.43. The Morgan fingerprint density at radius 3 is 2.37 bits per heavy atom. The first-order chi connectivity index (χ1) is 16.9. The van der Waals surface area contributed by atoms with E-state index in [1.807, 2.05) is 19.9 Å². The first-order valence-electron chi connectivity index (χ1n) is 11.5. The highest BCUT2D eigenvalue weighted by molar-refractivity contribution is 7.21. The molecule has 2 aliphatic heterocycles.